The number of benzene rings is 2. The van der Waals surface area contributed by atoms with E-state index >= 15 is 4.39 Å². The number of hydrogen-bond acceptors (Lipinski definition) is 4. The third kappa shape index (κ3) is 3.86. The van der Waals surface area contributed by atoms with Crippen molar-refractivity contribution in [3.8, 4) is 5.69 Å². The Labute approximate surface area is 188 Å². The van der Waals surface area contributed by atoms with Crippen LogP contribution in [0, 0.1) is 23.4 Å². The first-order chi connectivity index (χ1) is 15.6. The van der Waals surface area contributed by atoms with E-state index in [2.05, 4.69) is 0 Å². The van der Waals surface area contributed by atoms with Gasteiger partial charge < -0.3 is 20.3 Å². The molecule has 1 aliphatic rings. The molecule has 0 bridgehead atoms. The highest BCUT2D eigenvalue weighted by atomic mass is 19.1. The molecular weight excluding hydrogens is 435 g/mol. The van der Waals surface area contributed by atoms with Crippen LogP contribution in [0.5, 0.6) is 0 Å². The Morgan fingerprint density at radius 1 is 1.21 bits per heavy atom. The van der Waals surface area contributed by atoms with Gasteiger partial charge in [0.25, 0.3) is 0 Å². The topological polar surface area (TPSA) is 88.6 Å². The largest absolute Gasteiger partial charge is 0.477 e. The number of anilines is 1. The summed E-state index contributed by atoms with van der Waals surface area (Å²) in [6, 6.07) is 3.86. The van der Waals surface area contributed by atoms with E-state index in [0.717, 1.165) is 24.4 Å². The third-order valence-electron chi connectivity index (χ3n) is 6.35. The SMILES string of the molecule is CCc1c(N2CC[C@@H](N)[C@H](C)C2)c(F)cc2c(=O)c(C(=O)O)cn(-c3ccc(F)cc3F)c12. The number of carboxylic acids is 1. The van der Waals surface area contributed by atoms with E-state index in [-0.39, 0.29) is 40.7 Å². The molecule has 0 saturated carbocycles. The van der Waals surface area contributed by atoms with E-state index in [1.165, 1.54) is 4.57 Å². The first-order valence-corrected chi connectivity index (χ1v) is 10.7. The van der Waals surface area contributed by atoms with Crippen LogP contribution in [-0.2, 0) is 6.42 Å². The molecule has 174 valence electrons. The first kappa shape index (κ1) is 22.8. The Balaban J connectivity index is 2.10. The van der Waals surface area contributed by atoms with Gasteiger partial charge in [-0.25, -0.2) is 18.0 Å². The minimum absolute atomic E-state index is 0.0144. The average Bonchev–Trinajstić information content (AvgIpc) is 2.75. The number of aromatic nitrogens is 1. The molecule has 2 aromatic carbocycles. The lowest BCUT2D eigenvalue weighted by molar-refractivity contribution is 0.0695. The van der Waals surface area contributed by atoms with Crippen molar-refractivity contribution < 1.29 is 23.1 Å². The number of nitrogens with two attached hydrogens (primary N) is 1. The zero-order valence-corrected chi connectivity index (χ0v) is 18.2. The maximum atomic E-state index is 15.5. The van der Waals surface area contributed by atoms with Crippen molar-refractivity contribution in [2.75, 3.05) is 18.0 Å². The highest BCUT2D eigenvalue weighted by Gasteiger charge is 2.29. The standard InChI is InChI=1S/C24H24F3N3O3/c1-3-14-21-15(9-18(27)22(14)29-7-6-19(28)12(2)10-29)23(31)16(24(32)33)11-30(21)20-5-4-13(25)8-17(20)26/h4-5,8-9,11-12,19H,3,6-7,10,28H2,1-2H3,(H,32,33)/t12-,19-/m1/s1. The molecule has 1 aromatic heterocycles. The number of carbonyl (C=O) groups is 1. The van der Waals surface area contributed by atoms with Crippen molar-refractivity contribution >= 4 is 22.6 Å². The van der Waals surface area contributed by atoms with E-state index in [4.69, 9.17) is 5.73 Å². The number of pyridine rings is 1. The van der Waals surface area contributed by atoms with Crippen LogP contribution in [0.1, 0.15) is 36.2 Å². The van der Waals surface area contributed by atoms with Crippen LogP contribution in [-0.4, -0.2) is 34.8 Å². The van der Waals surface area contributed by atoms with Crippen molar-refractivity contribution in [2.24, 2.45) is 11.7 Å². The summed E-state index contributed by atoms with van der Waals surface area (Å²) >= 11 is 0. The molecule has 4 rings (SSSR count). The fraction of sp³-hybridized carbons (Fsp3) is 0.333. The Morgan fingerprint density at radius 2 is 1.94 bits per heavy atom. The van der Waals surface area contributed by atoms with Crippen LogP contribution >= 0.6 is 0 Å². The molecule has 0 spiro atoms. The molecule has 3 aromatic rings. The average molecular weight is 459 g/mol. The Kier molecular flexibility index (Phi) is 5.92. The molecule has 0 radical (unpaired) electrons. The summed E-state index contributed by atoms with van der Waals surface area (Å²) in [7, 11) is 0. The molecule has 6 nitrogen and oxygen atoms in total. The van der Waals surface area contributed by atoms with Gasteiger partial charge in [-0.2, -0.15) is 0 Å². The number of piperidine rings is 1. The molecule has 33 heavy (non-hydrogen) atoms. The number of hydrogen-bond donors (Lipinski definition) is 2. The molecule has 0 amide bonds. The van der Waals surface area contributed by atoms with Gasteiger partial charge >= 0.3 is 5.97 Å². The van der Waals surface area contributed by atoms with E-state index in [0.29, 0.717) is 31.1 Å². The summed E-state index contributed by atoms with van der Waals surface area (Å²) in [6.07, 6.45) is 1.95. The zero-order chi connectivity index (χ0) is 24.0. The number of fused-ring (bicyclic) bond motifs is 1. The summed E-state index contributed by atoms with van der Waals surface area (Å²) < 4.78 is 45.0. The van der Waals surface area contributed by atoms with Crippen molar-refractivity contribution in [2.45, 2.75) is 32.7 Å². The number of aryl methyl sites for hydroxylation is 1. The summed E-state index contributed by atoms with van der Waals surface area (Å²) in [5.74, 6) is -3.83. The van der Waals surface area contributed by atoms with E-state index < -0.39 is 34.4 Å². The second-order valence-electron chi connectivity index (χ2n) is 8.45. The number of halogens is 3. The first-order valence-electron chi connectivity index (χ1n) is 10.7. The molecule has 1 fully saturated rings. The second kappa shape index (κ2) is 8.55. The maximum absolute atomic E-state index is 15.5. The predicted octanol–water partition coefficient (Wildman–Crippen LogP) is 3.84. The molecule has 3 N–H and O–H groups in total. The predicted molar refractivity (Wildman–Crippen MR) is 120 cm³/mol. The van der Waals surface area contributed by atoms with Gasteiger partial charge in [-0.05, 0) is 37.0 Å². The highest BCUT2D eigenvalue weighted by molar-refractivity contribution is 5.96. The van der Waals surface area contributed by atoms with Crippen LogP contribution in [0.2, 0.25) is 0 Å². The van der Waals surface area contributed by atoms with Crippen LogP contribution < -0.4 is 16.1 Å². The lowest BCUT2D eigenvalue weighted by Crippen LogP contribution is -2.46. The van der Waals surface area contributed by atoms with Crippen LogP contribution in [0.15, 0.2) is 35.3 Å². The third-order valence-corrected chi connectivity index (χ3v) is 6.35. The lowest BCUT2D eigenvalue weighted by atomic mass is 9.93. The quantitative estimate of drug-likeness (QED) is 0.619. The van der Waals surface area contributed by atoms with Gasteiger partial charge in [-0.3, -0.25) is 4.79 Å². The van der Waals surface area contributed by atoms with Gasteiger partial charge in [0.05, 0.1) is 22.3 Å². The summed E-state index contributed by atoms with van der Waals surface area (Å²) in [6.45, 7) is 4.75. The van der Waals surface area contributed by atoms with Crippen molar-refractivity contribution in [1.82, 2.24) is 4.57 Å². The Bertz CT molecular complexity index is 1320. The minimum atomic E-state index is -1.53. The van der Waals surface area contributed by atoms with Gasteiger partial charge in [-0.1, -0.05) is 13.8 Å². The fourth-order valence-electron chi connectivity index (χ4n) is 4.59. The van der Waals surface area contributed by atoms with Crippen LogP contribution in [0.4, 0.5) is 18.9 Å². The molecule has 1 aliphatic heterocycles. The van der Waals surface area contributed by atoms with Gasteiger partial charge in [-0.15, -0.1) is 0 Å². The minimum Gasteiger partial charge on any atom is -0.477 e. The molecule has 2 atom stereocenters. The number of carboxylic acid groups (broad SMARTS) is 1. The smallest absolute Gasteiger partial charge is 0.341 e. The molecule has 1 saturated heterocycles. The van der Waals surface area contributed by atoms with Gasteiger partial charge in [0.15, 0.2) is 0 Å². The van der Waals surface area contributed by atoms with Crippen molar-refractivity contribution in [3.05, 3.63) is 69.3 Å². The normalized spacial score (nSPS) is 18.7. The van der Waals surface area contributed by atoms with Gasteiger partial charge in [0.2, 0.25) is 5.43 Å². The molecule has 0 unspecified atom stereocenters. The van der Waals surface area contributed by atoms with Crippen molar-refractivity contribution in [1.29, 1.82) is 0 Å². The Hall–Kier alpha value is -3.33. The van der Waals surface area contributed by atoms with Crippen LogP contribution in [0.25, 0.3) is 16.6 Å². The van der Waals surface area contributed by atoms with E-state index in [1.54, 1.807) is 6.92 Å². The molecule has 0 aliphatic carbocycles. The fourth-order valence-corrected chi connectivity index (χ4v) is 4.59. The van der Waals surface area contributed by atoms with Crippen LogP contribution in [0.3, 0.4) is 0 Å². The van der Waals surface area contributed by atoms with Gasteiger partial charge in [0.1, 0.15) is 23.0 Å². The number of rotatable bonds is 4. The Morgan fingerprint density at radius 3 is 2.55 bits per heavy atom. The van der Waals surface area contributed by atoms with Crippen molar-refractivity contribution in [3.63, 3.8) is 0 Å². The molecule has 2 heterocycles. The second-order valence-corrected chi connectivity index (χ2v) is 8.45. The summed E-state index contributed by atoms with van der Waals surface area (Å²) in [5.41, 5.74) is 5.37. The highest BCUT2D eigenvalue weighted by Crippen LogP contribution is 2.35. The van der Waals surface area contributed by atoms with E-state index in [9.17, 15) is 23.5 Å². The maximum Gasteiger partial charge on any atom is 0.341 e. The number of aromatic carboxylic acids is 1. The zero-order valence-electron chi connectivity index (χ0n) is 18.2. The summed E-state index contributed by atoms with van der Waals surface area (Å²) in [5, 5.41) is 9.36. The monoisotopic (exact) mass is 459 g/mol. The lowest BCUT2D eigenvalue weighted by Gasteiger charge is -2.38. The van der Waals surface area contributed by atoms with E-state index in [1.807, 2.05) is 11.8 Å². The number of nitrogens with zero attached hydrogens (tertiary/aromatic N) is 2. The summed E-state index contributed by atoms with van der Waals surface area (Å²) in [4.78, 5) is 26.5. The molecular formula is C24H24F3N3O3. The van der Waals surface area contributed by atoms with Gasteiger partial charge in [0, 0.05) is 37.0 Å². The molecule has 9 heteroatoms.